The van der Waals surface area contributed by atoms with Crippen molar-refractivity contribution < 1.29 is 14.7 Å². The van der Waals surface area contributed by atoms with E-state index in [0.717, 1.165) is 10.0 Å². The summed E-state index contributed by atoms with van der Waals surface area (Å²) in [5.74, 6) is -0.860. The van der Waals surface area contributed by atoms with Crippen LogP contribution in [0, 0.1) is 0 Å². The first kappa shape index (κ1) is 15.7. The summed E-state index contributed by atoms with van der Waals surface area (Å²) < 4.78 is 0.979. The Balaban J connectivity index is 2.34. The smallest absolute Gasteiger partial charge is 0.303 e. The summed E-state index contributed by atoms with van der Waals surface area (Å²) in [6.45, 7) is 1.93. The van der Waals surface area contributed by atoms with Gasteiger partial charge >= 0.3 is 5.97 Å². The molecule has 0 spiro atoms. The molecule has 0 unspecified atom stereocenters. The normalized spacial score (nSPS) is 11.9. The lowest BCUT2D eigenvalue weighted by atomic mass is 10.1. The van der Waals surface area contributed by atoms with Crippen molar-refractivity contribution in [3.63, 3.8) is 0 Å². The predicted octanol–water partition coefficient (Wildman–Crippen LogP) is 3.27. The van der Waals surface area contributed by atoms with Gasteiger partial charge in [0, 0.05) is 17.3 Å². The van der Waals surface area contributed by atoms with Gasteiger partial charge in [0.05, 0.1) is 6.04 Å². The fourth-order valence-corrected chi connectivity index (χ4v) is 2.15. The van der Waals surface area contributed by atoms with Gasteiger partial charge in [-0.1, -0.05) is 28.1 Å². The minimum Gasteiger partial charge on any atom is -0.481 e. The third-order valence-corrected chi connectivity index (χ3v) is 3.26. The van der Waals surface area contributed by atoms with E-state index in [2.05, 4.69) is 21.2 Å². The third-order valence-electron chi connectivity index (χ3n) is 2.77. The molecule has 0 heterocycles. The number of amides is 1. The molecule has 5 heteroatoms. The summed E-state index contributed by atoms with van der Waals surface area (Å²) in [4.78, 5) is 22.0. The molecule has 1 amide bonds. The quantitative estimate of drug-likeness (QED) is 0.755. The first-order chi connectivity index (χ1) is 8.99. The predicted molar refractivity (Wildman–Crippen MR) is 76.8 cm³/mol. The van der Waals surface area contributed by atoms with Crippen LogP contribution in [-0.4, -0.2) is 17.0 Å². The van der Waals surface area contributed by atoms with E-state index in [9.17, 15) is 9.59 Å². The number of benzene rings is 1. The van der Waals surface area contributed by atoms with E-state index < -0.39 is 5.97 Å². The number of halogens is 1. The van der Waals surface area contributed by atoms with Crippen LogP contribution in [0.15, 0.2) is 28.7 Å². The Labute approximate surface area is 121 Å². The molecule has 104 valence electrons. The van der Waals surface area contributed by atoms with Gasteiger partial charge in [0.15, 0.2) is 0 Å². The molecular formula is C14H18BrNO3. The van der Waals surface area contributed by atoms with Crippen molar-refractivity contribution in [1.29, 1.82) is 0 Å². The van der Waals surface area contributed by atoms with Crippen LogP contribution in [0.1, 0.15) is 44.2 Å². The lowest BCUT2D eigenvalue weighted by Gasteiger charge is -2.14. The van der Waals surface area contributed by atoms with Gasteiger partial charge in [-0.15, -0.1) is 0 Å². The molecule has 0 aliphatic rings. The maximum Gasteiger partial charge on any atom is 0.303 e. The van der Waals surface area contributed by atoms with Crippen LogP contribution >= 0.6 is 15.9 Å². The van der Waals surface area contributed by atoms with Crippen LogP contribution in [0.4, 0.5) is 0 Å². The van der Waals surface area contributed by atoms with Gasteiger partial charge in [-0.2, -0.15) is 0 Å². The van der Waals surface area contributed by atoms with E-state index in [1.807, 2.05) is 31.2 Å². The zero-order chi connectivity index (χ0) is 14.3. The second-order valence-electron chi connectivity index (χ2n) is 4.45. The lowest BCUT2D eigenvalue weighted by Crippen LogP contribution is -2.26. The summed E-state index contributed by atoms with van der Waals surface area (Å²) >= 11 is 3.39. The Morgan fingerprint density at radius 2 is 2.00 bits per heavy atom. The van der Waals surface area contributed by atoms with E-state index >= 15 is 0 Å². The SMILES string of the molecule is C[C@@H](NC(=O)CCCCC(=O)O)c1cccc(Br)c1. The van der Waals surface area contributed by atoms with Crippen LogP contribution in [-0.2, 0) is 9.59 Å². The molecule has 0 aromatic heterocycles. The van der Waals surface area contributed by atoms with Gasteiger partial charge in [-0.05, 0) is 37.5 Å². The molecule has 1 aromatic carbocycles. The number of carbonyl (C=O) groups excluding carboxylic acids is 1. The van der Waals surface area contributed by atoms with Crippen LogP contribution in [0.2, 0.25) is 0 Å². The van der Waals surface area contributed by atoms with Crippen LogP contribution < -0.4 is 5.32 Å². The van der Waals surface area contributed by atoms with E-state index in [-0.39, 0.29) is 18.4 Å². The zero-order valence-corrected chi connectivity index (χ0v) is 12.4. The number of hydrogen-bond donors (Lipinski definition) is 2. The minimum absolute atomic E-state index is 0.0436. The van der Waals surface area contributed by atoms with E-state index in [1.165, 1.54) is 0 Å². The average Bonchev–Trinajstić information content (AvgIpc) is 2.34. The molecular weight excluding hydrogens is 310 g/mol. The van der Waals surface area contributed by atoms with Crippen molar-refractivity contribution in [2.24, 2.45) is 0 Å². The second kappa shape index (κ2) is 7.94. The van der Waals surface area contributed by atoms with E-state index in [0.29, 0.717) is 19.3 Å². The Kier molecular flexibility index (Phi) is 6.56. The molecule has 1 aromatic rings. The van der Waals surface area contributed by atoms with Crippen molar-refractivity contribution in [2.45, 2.75) is 38.6 Å². The highest BCUT2D eigenvalue weighted by Gasteiger charge is 2.09. The van der Waals surface area contributed by atoms with E-state index in [1.54, 1.807) is 0 Å². The van der Waals surface area contributed by atoms with Crippen molar-refractivity contribution in [3.8, 4) is 0 Å². The van der Waals surface area contributed by atoms with Crippen LogP contribution in [0.3, 0.4) is 0 Å². The number of carboxylic acids is 1. The first-order valence-electron chi connectivity index (χ1n) is 6.25. The number of aliphatic carboxylic acids is 1. The number of carbonyl (C=O) groups is 2. The fraction of sp³-hybridized carbons (Fsp3) is 0.429. The van der Waals surface area contributed by atoms with Crippen LogP contribution in [0.5, 0.6) is 0 Å². The van der Waals surface area contributed by atoms with Gasteiger partial charge in [0.2, 0.25) is 5.91 Å². The van der Waals surface area contributed by atoms with Gasteiger partial charge in [0.1, 0.15) is 0 Å². The van der Waals surface area contributed by atoms with Crippen LogP contribution in [0.25, 0.3) is 0 Å². The molecule has 1 atom stereocenters. The molecule has 0 bridgehead atoms. The highest BCUT2D eigenvalue weighted by molar-refractivity contribution is 9.10. The molecule has 0 aliphatic heterocycles. The second-order valence-corrected chi connectivity index (χ2v) is 5.36. The van der Waals surface area contributed by atoms with E-state index in [4.69, 9.17) is 5.11 Å². The fourth-order valence-electron chi connectivity index (χ4n) is 1.73. The van der Waals surface area contributed by atoms with Gasteiger partial charge in [-0.25, -0.2) is 0 Å². The summed E-state index contributed by atoms with van der Waals surface area (Å²) in [6, 6.07) is 7.73. The molecule has 4 nitrogen and oxygen atoms in total. The van der Waals surface area contributed by atoms with Crippen molar-refractivity contribution >= 4 is 27.8 Å². The largest absolute Gasteiger partial charge is 0.481 e. The van der Waals surface area contributed by atoms with Gasteiger partial charge in [0.25, 0.3) is 0 Å². The molecule has 0 fully saturated rings. The number of carboxylic acid groups (broad SMARTS) is 1. The van der Waals surface area contributed by atoms with Crippen molar-refractivity contribution in [3.05, 3.63) is 34.3 Å². The zero-order valence-electron chi connectivity index (χ0n) is 10.9. The lowest BCUT2D eigenvalue weighted by molar-refractivity contribution is -0.137. The highest BCUT2D eigenvalue weighted by Crippen LogP contribution is 2.18. The topological polar surface area (TPSA) is 66.4 Å². The van der Waals surface area contributed by atoms with Crippen molar-refractivity contribution in [2.75, 3.05) is 0 Å². The monoisotopic (exact) mass is 327 g/mol. The van der Waals surface area contributed by atoms with Gasteiger partial charge in [-0.3, -0.25) is 9.59 Å². The Morgan fingerprint density at radius 1 is 1.32 bits per heavy atom. The number of hydrogen-bond acceptors (Lipinski definition) is 2. The Morgan fingerprint density at radius 3 is 2.63 bits per heavy atom. The maximum absolute atomic E-state index is 11.7. The summed E-state index contributed by atoms with van der Waals surface area (Å²) in [6.07, 6.45) is 1.62. The molecule has 0 saturated heterocycles. The minimum atomic E-state index is -0.817. The molecule has 2 N–H and O–H groups in total. The average molecular weight is 328 g/mol. The van der Waals surface area contributed by atoms with Gasteiger partial charge < -0.3 is 10.4 Å². The Bertz CT molecular complexity index is 448. The third kappa shape index (κ3) is 6.38. The summed E-state index contributed by atoms with van der Waals surface area (Å²) in [5.41, 5.74) is 1.04. The van der Waals surface area contributed by atoms with Crippen molar-refractivity contribution in [1.82, 2.24) is 5.32 Å². The highest BCUT2D eigenvalue weighted by atomic mass is 79.9. The molecule has 0 aliphatic carbocycles. The standard InChI is InChI=1S/C14H18BrNO3/c1-10(11-5-4-6-12(15)9-11)16-13(17)7-2-3-8-14(18)19/h4-6,9-10H,2-3,7-8H2,1H3,(H,16,17)(H,18,19)/t10-/m1/s1. The first-order valence-corrected chi connectivity index (χ1v) is 7.05. The number of nitrogens with one attached hydrogen (secondary N) is 1. The molecule has 0 saturated carbocycles. The summed E-state index contributed by atoms with van der Waals surface area (Å²) in [7, 11) is 0. The number of unbranched alkanes of at least 4 members (excludes halogenated alkanes) is 1. The summed E-state index contributed by atoms with van der Waals surface area (Å²) in [5, 5.41) is 11.4. The molecule has 0 radical (unpaired) electrons. The molecule has 19 heavy (non-hydrogen) atoms. The molecule has 1 rings (SSSR count). The number of rotatable bonds is 7. The maximum atomic E-state index is 11.7. The Hall–Kier alpha value is -1.36.